The molecule has 0 fully saturated rings. The summed E-state index contributed by atoms with van der Waals surface area (Å²) in [4.78, 5) is 31.1. The number of carbonyl (C=O) groups excluding carboxylic acids is 2. The molecular weight excluding hydrogens is 500 g/mol. The highest BCUT2D eigenvalue weighted by Gasteiger charge is 2.45. The van der Waals surface area contributed by atoms with E-state index in [1.165, 1.54) is 4.90 Å². The van der Waals surface area contributed by atoms with E-state index in [4.69, 9.17) is 16.0 Å². The van der Waals surface area contributed by atoms with Crippen molar-refractivity contribution in [1.82, 2.24) is 0 Å². The van der Waals surface area contributed by atoms with Gasteiger partial charge in [0, 0.05) is 34.9 Å². The Labute approximate surface area is 226 Å². The number of Topliss-reactive ketones (excluding diaryl/α,β-unsaturated/α-hetero) is 1. The normalized spacial score (nSPS) is 15.6. The van der Waals surface area contributed by atoms with Gasteiger partial charge in [-0.1, -0.05) is 29.8 Å². The Morgan fingerprint density at radius 3 is 2.26 bits per heavy atom. The Kier molecular flexibility index (Phi) is 6.76. The van der Waals surface area contributed by atoms with Gasteiger partial charge >= 0.3 is 0 Å². The van der Waals surface area contributed by atoms with E-state index in [9.17, 15) is 14.7 Å². The van der Waals surface area contributed by atoms with E-state index in [0.29, 0.717) is 27.2 Å². The van der Waals surface area contributed by atoms with Crippen LogP contribution in [0.3, 0.4) is 0 Å². The third-order valence-electron chi connectivity index (χ3n) is 6.98. The van der Waals surface area contributed by atoms with Gasteiger partial charge in [-0.3, -0.25) is 14.5 Å². The van der Waals surface area contributed by atoms with Crippen LogP contribution in [-0.4, -0.2) is 29.9 Å². The second-order valence-electron chi connectivity index (χ2n) is 9.57. The van der Waals surface area contributed by atoms with Gasteiger partial charge in [0.15, 0.2) is 11.5 Å². The molecule has 5 rings (SSSR count). The van der Waals surface area contributed by atoms with Crippen LogP contribution >= 0.6 is 11.6 Å². The minimum absolute atomic E-state index is 0.0186. The molecule has 7 heteroatoms. The number of carbonyl (C=O) groups is 2. The number of halogens is 1. The van der Waals surface area contributed by atoms with Gasteiger partial charge in [0.25, 0.3) is 5.91 Å². The zero-order valence-electron chi connectivity index (χ0n) is 21.8. The number of hydrogen-bond acceptors (Lipinski definition) is 5. The Bertz CT molecular complexity index is 1560. The Morgan fingerprint density at radius 2 is 1.63 bits per heavy atom. The van der Waals surface area contributed by atoms with E-state index < -0.39 is 23.5 Å². The van der Waals surface area contributed by atoms with E-state index >= 15 is 0 Å². The second kappa shape index (κ2) is 10.0. The SMILES string of the molecule is CCN(CC)c1ccc(C2C(C(=O)c3cc4cc(Cl)ccc4o3)=C(O)C(=O)N2c2cc(C)cc(C)c2)cc1. The molecule has 1 aromatic heterocycles. The smallest absolute Gasteiger partial charge is 0.294 e. The highest BCUT2D eigenvalue weighted by molar-refractivity contribution is 6.31. The fraction of sp³-hybridized carbons (Fsp3) is 0.226. The zero-order valence-corrected chi connectivity index (χ0v) is 22.5. The second-order valence-corrected chi connectivity index (χ2v) is 10.0. The van der Waals surface area contributed by atoms with E-state index in [2.05, 4.69) is 18.7 Å². The van der Waals surface area contributed by atoms with E-state index in [-0.39, 0.29) is 11.3 Å². The fourth-order valence-corrected chi connectivity index (χ4v) is 5.40. The van der Waals surface area contributed by atoms with Crippen LogP contribution < -0.4 is 9.80 Å². The number of rotatable bonds is 7. The van der Waals surface area contributed by atoms with E-state index in [0.717, 1.165) is 29.9 Å². The molecule has 1 atom stereocenters. The van der Waals surface area contributed by atoms with Gasteiger partial charge in [-0.05, 0) is 92.9 Å². The van der Waals surface area contributed by atoms with Crippen molar-refractivity contribution in [3.8, 4) is 0 Å². The van der Waals surface area contributed by atoms with Crippen molar-refractivity contribution >= 4 is 45.6 Å². The lowest BCUT2D eigenvalue weighted by Crippen LogP contribution is -2.31. The van der Waals surface area contributed by atoms with Crippen LogP contribution in [0.15, 0.2) is 82.5 Å². The molecule has 0 saturated heterocycles. The molecule has 2 heterocycles. The number of fused-ring (bicyclic) bond motifs is 1. The molecule has 3 aromatic carbocycles. The lowest BCUT2D eigenvalue weighted by molar-refractivity contribution is -0.117. The van der Waals surface area contributed by atoms with Crippen molar-refractivity contribution in [3.05, 3.63) is 106 Å². The van der Waals surface area contributed by atoms with Crippen molar-refractivity contribution in [1.29, 1.82) is 0 Å². The lowest BCUT2D eigenvalue weighted by Gasteiger charge is -2.28. The van der Waals surface area contributed by atoms with Crippen molar-refractivity contribution in [2.24, 2.45) is 0 Å². The molecule has 0 aliphatic carbocycles. The molecule has 1 aliphatic rings. The third kappa shape index (κ3) is 4.45. The molecule has 4 aromatic rings. The Hall–Kier alpha value is -4.03. The number of benzene rings is 3. The van der Waals surface area contributed by atoms with Crippen molar-refractivity contribution < 1.29 is 19.1 Å². The fourth-order valence-electron chi connectivity index (χ4n) is 5.22. The number of furan rings is 1. The predicted molar refractivity (Wildman–Crippen MR) is 151 cm³/mol. The summed E-state index contributed by atoms with van der Waals surface area (Å²) in [6.07, 6.45) is 0. The van der Waals surface area contributed by atoms with Crippen LogP contribution in [-0.2, 0) is 4.79 Å². The summed E-state index contributed by atoms with van der Waals surface area (Å²) >= 11 is 6.12. The largest absolute Gasteiger partial charge is 0.503 e. The van der Waals surface area contributed by atoms with Crippen LogP contribution in [0.4, 0.5) is 11.4 Å². The average molecular weight is 529 g/mol. The zero-order chi connectivity index (χ0) is 27.1. The number of ketones is 1. The quantitative estimate of drug-likeness (QED) is 0.254. The van der Waals surface area contributed by atoms with E-state index in [1.807, 2.05) is 56.3 Å². The van der Waals surface area contributed by atoms with Crippen LogP contribution in [0.5, 0.6) is 0 Å². The highest BCUT2D eigenvalue weighted by atomic mass is 35.5. The number of aliphatic hydroxyl groups excluding tert-OH is 1. The maximum Gasteiger partial charge on any atom is 0.294 e. The van der Waals surface area contributed by atoms with Crippen molar-refractivity contribution in [3.63, 3.8) is 0 Å². The van der Waals surface area contributed by atoms with Gasteiger partial charge in [0.05, 0.1) is 11.6 Å². The maximum absolute atomic E-state index is 13.9. The third-order valence-corrected chi connectivity index (χ3v) is 7.21. The molecule has 0 saturated carbocycles. The van der Waals surface area contributed by atoms with Crippen LogP contribution in [0.25, 0.3) is 11.0 Å². The van der Waals surface area contributed by atoms with Crippen LogP contribution in [0.2, 0.25) is 5.02 Å². The van der Waals surface area contributed by atoms with Crippen LogP contribution in [0.1, 0.15) is 47.1 Å². The standard InChI is InChI=1S/C31H29ClN2O4/c1-5-33(6-2)23-10-7-20(8-11-23)28-27(29(35)26-17-21-16-22(32)9-12-25(21)38-26)30(36)31(37)34(28)24-14-18(3)13-19(4)15-24/h7-17,28,36H,5-6H2,1-4H3. The summed E-state index contributed by atoms with van der Waals surface area (Å²) in [6, 6.07) is 19.4. The first-order chi connectivity index (χ1) is 18.2. The molecular formula is C31H29ClN2O4. The summed E-state index contributed by atoms with van der Waals surface area (Å²) in [6.45, 7) is 9.79. The summed E-state index contributed by atoms with van der Waals surface area (Å²) in [5, 5.41) is 12.3. The summed E-state index contributed by atoms with van der Waals surface area (Å²) in [5.74, 6) is -1.72. The Balaban J connectivity index is 1.65. The summed E-state index contributed by atoms with van der Waals surface area (Å²) in [7, 11) is 0. The molecule has 0 spiro atoms. The molecule has 38 heavy (non-hydrogen) atoms. The van der Waals surface area contributed by atoms with Gasteiger partial charge in [-0.15, -0.1) is 0 Å². The first-order valence-electron chi connectivity index (χ1n) is 12.7. The average Bonchev–Trinajstić information content (AvgIpc) is 3.42. The van der Waals surface area contributed by atoms with Crippen molar-refractivity contribution in [2.75, 3.05) is 22.9 Å². The van der Waals surface area contributed by atoms with Crippen molar-refractivity contribution in [2.45, 2.75) is 33.7 Å². The van der Waals surface area contributed by atoms with Crippen LogP contribution in [0, 0.1) is 13.8 Å². The number of nitrogens with zero attached hydrogens (tertiary/aromatic N) is 2. The highest BCUT2D eigenvalue weighted by Crippen LogP contribution is 2.43. The molecule has 1 unspecified atom stereocenters. The van der Waals surface area contributed by atoms with Gasteiger partial charge < -0.3 is 14.4 Å². The van der Waals surface area contributed by atoms with Gasteiger partial charge in [0.1, 0.15) is 5.58 Å². The minimum atomic E-state index is -0.834. The first kappa shape index (κ1) is 25.6. The summed E-state index contributed by atoms with van der Waals surface area (Å²) in [5.41, 5.74) is 4.77. The minimum Gasteiger partial charge on any atom is -0.503 e. The molecule has 1 amide bonds. The maximum atomic E-state index is 13.9. The van der Waals surface area contributed by atoms with Gasteiger partial charge in [0.2, 0.25) is 5.78 Å². The Morgan fingerprint density at radius 1 is 0.974 bits per heavy atom. The van der Waals surface area contributed by atoms with Gasteiger partial charge in [-0.25, -0.2) is 0 Å². The predicted octanol–water partition coefficient (Wildman–Crippen LogP) is 7.33. The molecule has 1 N–H and O–H groups in total. The number of amides is 1. The first-order valence-corrected chi connectivity index (χ1v) is 13.0. The monoisotopic (exact) mass is 528 g/mol. The lowest BCUT2D eigenvalue weighted by atomic mass is 9.94. The van der Waals surface area contributed by atoms with Gasteiger partial charge in [-0.2, -0.15) is 0 Å². The molecule has 1 aliphatic heterocycles. The molecule has 194 valence electrons. The molecule has 0 bridgehead atoms. The molecule has 0 radical (unpaired) electrons. The van der Waals surface area contributed by atoms with E-state index in [1.54, 1.807) is 24.3 Å². The number of anilines is 2. The number of aliphatic hydroxyl groups is 1. The summed E-state index contributed by atoms with van der Waals surface area (Å²) < 4.78 is 5.83. The molecule has 6 nitrogen and oxygen atoms in total. The number of aryl methyl sites for hydroxylation is 2. The number of hydrogen-bond donors (Lipinski definition) is 1. The topological polar surface area (TPSA) is 74.0 Å².